The summed E-state index contributed by atoms with van der Waals surface area (Å²) in [5.41, 5.74) is 5.45. The highest BCUT2D eigenvalue weighted by atomic mass is 35.5. The second kappa shape index (κ2) is 9.05. The van der Waals surface area contributed by atoms with E-state index in [-0.39, 0.29) is 24.0 Å². The molecule has 5 nitrogen and oxygen atoms in total. The molecular weight excluding hydrogens is 424 g/mol. The van der Waals surface area contributed by atoms with Gasteiger partial charge >= 0.3 is 5.97 Å². The molecule has 3 aromatic carbocycles. The third-order valence-corrected chi connectivity index (χ3v) is 6.10. The predicted octanol–water partition coefficient (Wildman–Crippen LogP) is 6.09. The maximum Gasteiger partial charge on any atom is 0.337 e. The van der Waals surface area contributed by atoms with Gasteiger partial charge in [-0.1, -0.05) is 29.8 Å². The van der Waals surface area contributed by atoms with Crippen LogP contribution < -0.4 is 10.2 Å². The zero-order valence-electron chi connectivity index (χ0n) is 18.3. The molecule has 0 radical (unpaired) electrons. The highest BCUT2D eigenvalue weighted by Crippen LogP contribution is 2.41. The number of nitrogens with one attached hydrogen (secondary N) is 1. The number of ether oxygens (including phenoxy) is 1. The standard InChI is InChI=1S/C26H25ClN2O3/c1-16-14-24(28-22-11-9-21(27)10-12-22)23-15-20(8-13-25(23)29(16)17(2)30)18-4-6-19(7-5-18)26(31)32-3/h4-13,15-16,24,28H,14H2,1-3H3/t16-,24+/m1/s1. The number of rotatable bonds is 4. The Morgan fingerprint density at radius 3 is 2.28 bits per heavy atom. The number of anilines is 2. The van der Waals surface area contributed by atoms with Crippen molar-refractivity contribution in [2.75, 3.05) is 17.3 Å². The first-order valence-electron chi connectivity index (χ1n) is 10.5. The van der Waals surface area contributed by atoms with Gasteiger partial charge in [0, 0.05) is 29.4 Å². The van der Waals surface area contributed by atoms with Crippen molar-refractivity contribution in [3.63, 3.8) is 0 Å². The lowest BCUT2D eigenvalue weighted by molar-refractivity contribution is -0.117. The number of amides is 1. The first-order chi connectivity index (χ1) is 15.4. The van der Waals surface area contributed by atoms with Crippen molar-refractivity contribution in [3.05, 3.63) is 82.9 Å². The first-order valence-corrected chi connectivity index (χ1v) is 10.9. The Morgan fingerprint density at radius 1 is 1.00 bits per heavy atom. The average Bonchev–Trinajstić information content (AvgIpc) is 2.79. The molecule has 32 heavy (non-hydrogen) atoms. The number of fused-ring (bicyclic) bond motifs is 1. The van der Waals surface area contributed by atoms with Gasteiger partial charge in [-0.05, 0) is 78.6 Å². The molecule has 4 rings (SSSR count). The molecule has 0 fully saturated rings. The van der Waals surface area contributed by atoms with Gasteiger partial charge in [0.2, 0.25) is 5.91 Å². The number of hydrogen-bond donors (Lipinski definition) is 1. The Balaban J connectivity index is 1.73. The van der Waals surface area contributed by atoms with Crippen LogP contribution in [0.2, 0.25) is 5.02 Å². The molecule has 1 amide bonds. The molecule has 1 aliphatic rings. The maximum absolute atomic E-state index is 12.4. The Hall–Kier alpha value is -3.31. The van der Waals surface area contributed by atoms with Crippen molar-refractivity contribution in [2.45, 2.75) is 32.4 Å². The smallest absolute Gasteiger partial charge is 0.337 e. The molecule has 6 heteroatoms. The first kappa shape index (κ1) is 21.9. The molecule has 1 heterocycles. The number of methoxy groups -OCH3 is 1. The average molecular weight is 449 g/mol. The number of esters is 1. The van der Waals surface area contributed by atoms with Crippen LogP contribution in [0.3, 0.4) is 0 Å². The Morgan fingerprint density at radius 2 is 1.66 bits per heavy atom. The second-order valence-corrected chi connectivity index (χ2v) is 8.46. The summed E-state index contributed by atoms with van der Waals surface area (Å²) in [4.78, 5) is 26.0. The normalized spacial score (nSPS) is 17.4. The van der Waals surface area contributed by atoms with Gasteiger partial charge in [0.1, 0.15) is 0 Å². The summed E-state index contributed by atoms with van der Waals surface area (Å²) in [5.74, 6) is -0.334. The molecule has 2 atom stereocenters. The van der Waals surface area contributed by atoms with E-state index in [9.17, 15) is 9.59 Å². The molecule has 0 unspecified atom stereocenters. The van der Waals surface area contributed by atoms with Crippen LogP contribution in [0, 0.1) is 0 Å². The van der Waals surface area contributed by atoms with Crippen LogP contribution in [0.1, 0.15) is 42.2 Å². The molecule has 1 N–H and O–H groups in total. The van der Waals surface area contributed by atoms with Gasteiger partial charge in [-0.3, -0.25) is 4.79 Å². The van der Waals surface area contributed by atoms with E-state index in [1.165, 1.54) is 7.11 Å². The van der Waals surface area contributed by atoms with Crippen molar-refractivity contribution in [3.8, 4) is 11.1 Å². The van der Waals surface area contributed by atoms with Crippen molar-refractivity contribution in [1.29, 1.82) is 0 Å². The predicted molar refractivity (Wildman–Crippen MR) is 128 cm³/mol. The minimum atomic E-state index is -0.361. The summed E-state index contributed by atoms with van der Waals surface area (Å²) in [6.45, 7) is 3.67. The Labute approximate surface area is 193 Å². The number of halogens is 1. The van der Waals surface area contributed by atoms with Crippen LogP contribution in [0.4, 0.5) is 11.4 Å². The van der Waals surface area contributed by atoms with Gasteiger partial charge in [0.25, 0.3) is 0 Å². The largest absolute Gasteiger partial charge is 0.465 e. The molecule has 0 spiro atoms. The van der Waals surface area contributed by atoms with E-state index in [0.29, 0.717) is 10.6 Å². The quantitative estimate of drug-likeness (QED) is 0.490. The van der Waals surface area contributed by atoms with Gasteiger partial charge in [0.15, 0.2) is 0 Å². The van der Waals surface area contributed by atoms with Gasteiger partial charge in [-0.2, -0.15) is 0 Å². The van der Waals surface area contributed by atoms with Gasteiger partial charge in [-0.15, -0.1) is 0 Å². The molecule has 164 valence electrons. The SMILES string of the molecule is COC(=O)c1ccc(-c2ccc3c(c2)[C@@H](Nc2ccc(Cl)cc2)C[C@@H](C)N3C(C)=O)cc1. The van der Waals surface area contributed by atoms with E-state index in [4.69, 9.17) is 16.3 Å². The van der Waals surface area contributed by atoms with Crippen molar-refractivity contribution in [2.24, 2.45) is 0 Å². The van der Waals surface area contributed by atoms with Gasteiger partial charge in [-0.25, -0.2) is 4.79 Å². The second-order valence-electron chi connectivity index (χ2n) is 8.02. The van der Waals surface area contributed by atoms with Crippen LogP contribution in [-0.4, -0.2) is 25.0 Å². The lowest BCUT2D eigenvalue weighted by Gasteiger charge is -2.39. The molecule has 1 aliphatic heterocycles. The number of nitrogens with zero attached hydrogens (tertiary/aromatic N) is 1. The molecule has 0 bridgehead atoms. The summed E-state index contributed by atoms with van der Waals surface area (Å²) >= 11 is 6.04. The van der Waals surface area contributed by atoms with Crippen LogP contribution in [0.5, 0.6) is 0 Å². The topological polar surface area (TPSA) is 58.6 Å². The van der Waals surface area contributed by atoms with Crippen LogP contribution in [-0.2, 0) is 9.53 Å². The summed E-state index contributed by atoms with van der Waals surface area (Å²) in [5, 5.41) is 4.30. The fraction of sp³-hybridized carbons (Fsp3) is 0.231. The number of carbonyl (C=O) groups excluding carboxylic acids is 2. The van der Waals surface area contributed by atoms with E-state index in [1.54, 1.807) is 19.1 Å². The van der Waals surface area contributed by atoms with E-state index in [1.807, 2.05) is 53.4 Å². The fourth-order valence-corrected chi connectivity index (χ4v) is 4.45. The third kappa shape index (κ3) is 4.34. The minimum absolute atomic E-state index is 0.0267. The fourth-order valence-electron chi connectivity index (χ4n) is 4.32. The van der Waals surface area contributed by atoms with Gasteiger partial charge < -0.3 is 15.0 Å². The zero-order chi connectivity index (χ0) is 22.8. The molecule has 0 saturated heterocycles. The molecule has 0 saturated carbocycles. The summed E-state index contributed by atoms with van der Waals surface area (Å²) < 4.78 is 4.79. The van der Waals surface area contributed by atoms with Crippen LogP contribution in [0.25, 0.3) is 11.1 Å². The summed E-state index contributed by atoms with van der Waals surface area (Å²) in [6, 6.07) is 21.2. The van der Waals surface area contributed by atoms with Crippen molar-refractivity contribution in [1.82, 2.24) is 0 Å². The van der Waals surface area contributed by atoms with E-state index in [0.717, 1.165) is 34.5 Å². The van der Waals surface area contributed by atoms with E-state index >= 15 is 0 Å². The minimum Gasteiger partial charge on any atom is -0.465 e. The summed E-state index contributed by atoms with van der Waals surface area (Å²) in [7, 11) is 1.37. The molecule has 0 aliphatic carbocycles. The zero-order valence-corrected chi connectivity index (χ0v) is 19.0. The lowest BCUT2D eigenvalue weighted by atomic mass is 9.88. The third-order valence-electron chi connectivity index (χ3n) is 5.84. The number of carbonyl (C=O) groups is 2. The maximum atomic E-state index is 12.4. The highest BCUT2D eigenvalue weighted by Gasteiger charge is 2.32. The van der Waals surface area contributed by atoms with Crippen molar-refractivity contribution >= 4 is 34.9 Å². The highest BCUT2D eigenvalue weighted by molar-refractivity contribution is 6.30. The Kier molecular flexibility index (Phi) is 6.19. The van der Waals surface area contributed by atoms with E-state index < -0.39 is 0 Å². The van der Waals surface area contributed by atoms with Crippen LogP contribution in [0.15, 0.2) is 66.7 Å². The number of benzene rings is 3. The van der Waals surface area contributed by atoms with Crippen LogP contribution >= 0.6 is 11.6 Å². The van der Waals surface area contributed by atoms with Gasteiger partial charge in [0.05, 0.1) is 18.7 Å². The monoisotopic (exact) mass is 448 g/mol. The number of hydrogen-bond acceptors (Lipinski definition) is 4. The van der Waals surface area contributed by atoms with Crippen molar-refractivity contribution < 1.29 is 14.3 Å². The molecular formula is C26H25ClN2O3. The lowest BCUT2D eigenvalue weighted by Crippen LogP contribution is -2.43. The molecule has 3 aromatic rings. The molecule has 0 aromatic heterocycles. The Bertz CT molecular complexity index is 1140. The summed E-state index contributed by atoms with van der Waals surface area (Å²) in [6.07, 6.45) is 0.778. The van der Waals surface area contributed by atoms with E-state index in [2.05, 4.69) is 18.3 Å².